The molecule has 0 aromatic heterocycles. The van der Waals surface area contributed by atoms with Crippen molar-refractivity contribution in [3.63, 3.8) is 0 Å². The van der Waals surface area contributed by atoms with Crippen molar-refractivity contribution < 1.29 is 4.70 Å². The Balaban J connectivity index is 2.27. The lowest BCUT2D eigenvalue weighted by Crippen LogP contribution is -2.29. The van der Waals surface area contributed by atoms with Gasteiger partial charge in [0.2, 0.25) is 6.04 Å². The van der Waals surface area contributed by atoms with Crippen molar-refractivity contribution >= 4 is 0 Å². The summed E-state index contributed by atoms with van der Waals surface area (Å²) in [5.41, 5.74) is 6.97. The standard InChI is InChI=1S/C9H12N3/c1-7(10)8-6-11-12-5-3-2-4-9(8)12/h2-7,9H,10H2,1H3/q+1. The molecule has 0 radical (unpaired) electrons. The molecule has 0 aromatic carbocycles. The zero-order valence-electron chi connectivity index (χ0n) is 7.01. The molecule has 2 aliphatic heterocycles. The summed E-state index contributed by atoms with van der Waals surface area (Å²) >= 11 is 0. The first-order valence-electron chi connectivity index (χ1n) is 4.08. The number of allylic oxidation sites excluding steroid dienone is 2. The first-order valence-corrected chi connectivity index (χ1v) is 4.08. The number of nitrogens with two attached hydrogens (primary N) is 1. The van der Waals surface area contributed by atoms with E-state index < -0.39 is 0 Å². The summed E-state index contributed by atoms with van der Waals surface area (Å²) in [5.74, 6) is 0. The Kier molecular flexibility index (Phi) is 1.66. The van der Waals surface area contributed by atoms with Crippen LogP contribution in [0.1, 0.15) is 6.92 Å². The summed E-state index contributed by atoms with van der Waals surface area (Å²) in [5, 5.41) is 4.21. The molecule has 2 heterocycles. The van der Waals surface area contributed by atoms with Gasteiger partial charge in [-0.25, -0.2) is 0 Å². The monoisotopic (exact) mass is 162 g/mol. The molecule has 2 aliphatic rings. The normalized spacial score (nSPS) is 28.0. The summed E-state index contributed by atoms with van der Waals surface area (Å²) in [4.78, 5) is 0. The van der Waals surface area contributed by atoms with E-state index in [0.717, 1.165) is 0 Å². The third-order valence-electron chi connectivity index (χ3n) is 2.14. The average Bonchev–Trinajstić information content (AvgIpc) is 2.47. The van der Waals surface area contributed by atoms with Crippen molar-refractivity contribution in [3.05, 3.63) is 36.2 Å². The lowest BCUT2D eigenvalue weighted by atomic mass is 10.0. The molecule has 2 rings (SSSR count). The van der Waals surface area contributed by atoms with Gasteiger partial charge in [0.1, 0.15) is 6.20 Å². The smallest absolute Gasteiger partial charge is 0.227 e. The van der Waals surface area contributed by atoms with E-state index in [4.69, 9.17) is 5.73 Å². The van der Waals surface area contributed by atoms with Crippen molar-refractivity contribution in [3.8, 4) is 0 Å². The Morgan fingerprint density at radius 1 is 1.58 bits per heavy atom. The van der Waals surface area contributed by atoms with Gasteiger partial charge in [-0.2, -0.15) is 0 Å². The maximum absolute atomic E-state index is 5.79. The topological polar surface area (TPSA) is 41.4 Å². The van der Waals surface area contributed by atoms with Crippen LogP contribution >= 0.6 is 0 Å². The lowest BCUT2D eigenvalue weighted by molar-refractivity contribution is -0.537. The van der Waals surface area contributed by atoms with E-state index in [1.807, 2.05) is 36.2 Å². The number of nitrogens with zero attached hydrogens (tertiary/aromatic N) is 2. The van der Waals surface area contributed by atoms with Crippen LogP contribution in [0, 0.1) is 0 Å². The maximum atomic E-state index is 5.79. The van der Waals surface area contributed by atoms with Crippen molar-refractivity contribution in [1.29, 1.82) is 0 Å². The molecule has 62 valence electrons. The van der Waals surface area contributed by atoms with Crippen molar-refractivity contribution in [2.24, 2.45) is 10.8 Å². The SMILES string of the molecule is CC(N)C1=CN=[N+]2C=CC=CC12. The molecule has 2 unspecified atom stereocenters. The van der Waals surface area contributed by atoms with Gasteiger partial charge in [0.15, 0.2) is 6.20 Å². The molecule has 12 heavy (non-hydrogen) atoms. The van der Waals surface area contributed by atoms with E-state index in [9.17, 15) is 0 Å². The predicted octanol–water partition coefficient (Wildman–Crippen LogP) is 1.15. The van der Waals surface area contributed by atoms with E-state index in [0.29, 0.717) is 0 Å². The van der Waals surface area contributed by atoms with Crippen LogP contribution in [0.4, 0.5) is 0 Å². The Labute approximate surface area is 71.6 Å². The minimum atomic E-state index is 0.0832. The Hall–Kier alpha value is -1.22. The molecular weight excluding hydrogens is 150 g/mol. The molecule has 0 bridgehead atoms. The average molecular weight is 162 g/mol. The van der Waals surface area contributed by atoms with Crippen LogP contribution in [0.25, 0.3) is 0 Å². The van der Waals surface area contributed by atoms with Gasteiger partial charge >= 0.3 is 0 Å². The van der Waals surface area contributed by atoms with Crippen LogP contribution < -0.4 is 5.73 Å². The number of hydrogen-bond acceptors (Lipinski definition) is 2. The highest BCUT2D eigenvalue weighted by Crippen LogP contribution is 2.20. The molecule has 2 atom stereocenters. The Morgan fingerprint density at radius 2 is 2.42 bits per heavy atom. The highest BCUT2D eigenvalue weighted by atomic mass is 15.3. The second-order valence-electron chi connectivity index (χ2n) is 3.08. The summed E-state index contributed by atoms with van der Waals surface area (Å²) in [6.45, 7) is 1.98. The van der Waals surface area contributed by atoms with Gasteiger partial charge in [0.25, 0.3) is 0 Å². The zero-order chi connectivity index (χ0) is 8.55. The van der Waals surface area contributed by atoms with E-state index in [2.05, 4.69) is 11.2 Å². The van der Waals surface area contributed by atoms with Gasteiger partial charge in [0.05, 0.1) is 0 Å². The summed E-state index contributed by atoms with van der Waals surface area (Å²) in [7, 11) is 0. The minimum Gasteiger partial charge on any atom is -0.324 e. The quantitative estimate of drug-likeness (QED) is 0.577. The number of hydrogen-bond donors (Lipinski definition) is 1. The van der Waals surface area contributed by atoms with Crippen LogP contribution in [0.15, 0.2) is 41.3 Å². The molecule has 0 aliphatic carbocycles. The predicted molar refractivity (Wildman–Crippen MR) is 46.5 cm³/mol. The molecule has 0 amide bonds. The van der Waals surface area contributed by atoms with Crippen molar-refractivity contribution in [2.45, 2.75) is 19.0 Å². The fourth-order valence-electron chi connectivity index (χ4n) is 1.46. The Morgan fingerprint density at radius 3 is 3.17 bits per heavy atom. The maximum Gasteiger partial charge on any atom is 0.227 e. The molecule has 0 saturated carbocycles. The van der Waals surface area contributed by atoms with Crippen LogP contribution in [-0.4, -0.2) is 16.8 Å². The van der Waals surface area contributed by atoms with Crippen molar-refractivity contribution in [1.82, 2.24) is 0 Å². The highest BCUT2D eigenvalue weighted by Gasteiger charge is 2.31. The molecule has 0 saturated heterocycles. The van der Waals surface area contributed by atoms with Crippen LogP contribution in [-0.2, 0) is 0 Å². The molecular formula is C9H12N3+. The van der Waals surface area contributed by atoms with E-state index >= 15 is 0 Å². The third kappa shape index (κ3) is 1.02. The Bertz CT molecular complexity index is 308. The number of azo groups is 2. The largest absolute Gasteiger partial charge is 0.324 e. The fraction of sp³-hybridized carbons (Fsp3) is 0.333. The first kappa shape index (κ1) is 7.43. The summed E-state index contributed by atoms with van der Waals surface area (Å²) in [6, 6.07) is 0.342. The number of fused-ring (bicyclic) bond motifs is 1. The van der Waals surface area contributed by atoms with E-state index in [1.54, 1.807) is 0 Å². The van der Waals surface area contributed by atoms with Crippen LogP contribution in [0.2, 0.25) is 0 Å². The second kappa shape index (κ2) is 2.68. The molecule has 3 heteroatoms. The van der Waals surface area contributed by atoms with Gasteiger partial charge < -0.3 is 5.73 Å². The molecule has 0 spiro atoms. The van der Waals surface area contributed by atoms with E-state index in [1.165, 1.54) is 5.57 Å². The van der Waals surface area contributed by atoms with Gasteiger partial charge in [-0.05, 0) is 18.1 Å². The van der Waals surface area contributed by atoms with E-state index in [-0.39, 0.29) is 12.1 Å². The minimum absolute atomic E-state index is 0.0832. The third-order valence-corrected chi connectivity index (χ3v) is 2.14. The summed E-state index contributed by atoms with van der Waals surface area (Å²) < 4.78 is 1.92. The summed E-state index contributed by atoms with van der Waals surface area (Å²) in [6.07, 6.45) is 9.91. The molecule has 0 fully saturated rings. The fourth-order valence-corrected chi connectivity index (χ4v) is 1.46. The van der Waals surface area contributed by atoms with Gasteiger partial charge in [0, 0.05) is 17.7 Å². The van der Waals surface area contributed by atoms with Gasteiger partial charge in [-0.1, -0.05) is 10.8 Å². The zero-order valence-corrected chi connectivity index (χ0v) is 7.01. The van der Waals surface area contributed by atoms with Crippen LogP contribution in [0.3, 0.4) is 0 Å². The number of rotatable bonds is 1. The highest BCUT2D eigenvalue weighted by molar-refractivity contribution is 5.24. The molecule has 0 aromatic rings. The van der Waals surface area contributed by atoms with Crippen LogP contribution in [0.5, 0.6) is 0 Å². The van der Waals surface area contributed by atoms with Gasteiger partial charge in [-0.3, -0.25) is 0 Å². The van der Waals surface area contributed by atoms with Crippen molar-refractivity contribution in [2.75, 3.05) is 0 Å². The lowest BCUT2D eigenvalue weighted by Gasteiger charge is -2.10. The molecule has 3 nitrogen and oxygen atoms in total. The van der Waals surface area contributed by atoms with Gasteiger partial charge in [-0.15, -0.1) is 0 Å². The first-order chi connectivity index (χ1) is 5.79. The second-order valence-corrected chi connectivity index (χ2v) is 3.08. The molecule has 2 N–H and O–H groups in total.